The smallest absolute Gasteiger partial charge is 0.322 e. The number of carbonyl (C=O) groups is 3. The van der Waals surface area contributed by atoms with Gasteiger partial charge < -0.3 is 15.4 Å². The Morgan fingerprint density at radius 1 is 1.47 bits per heavy atom. The Labute approximate surface area is 112 Å². The third-order valence-electron chi connectivity index (χ3n) is 2.81. The van der Waals surface area contributed by atoms with Crippen LogP contribution in [0.2, 0.25) is 0 Å². The number of carbonyl (C=O) groups excluding carboxylic acids is 3. The van der Waals surface area contributed by atoms with Crippen molar-refractivity contribution >= 4 is 17.8 Å². The quantitative estimate of drug-likeness (QED) is 0.643. The number of nitrogens with one attached hydrogen (secondary N) is 3. The molecule has 1 aliphatic rings. The first-order chi connectivity index (χ1) is 8.84. The molecule has 1 heterocycles. The Hall–Kier alpha value is -1.63. The van der Waals surface area contributed by atoms with Crippen molar-refractivity contribution in [3.05, 3.63) is 0 Å². The number of hydrogen-bond donors (Lipinski definition) is 3. The standard InChI is InChI=1S/C12H21N3O4/c1-12(2,7-19-3)6-13-10(17)8-4-5-9(16)15-11(18)14-8/h8H,4-7H2,1-3H3,(H,13,17)(H2,14,15,16,18)/t8-/m0/s1. The average Bonchev–Trinajstić information content (AvgIpc) is 2.47. The fourth-order valence-corrected chi connectivity index (χ4v) is 1.82. The number of methoxy groups -OCH3 is 1. The molecule has 1 saturated heterocycles. The molecule has 0 aromatic heterocycles. The molecule has 1 aliphatic heterocycles. The summed E-state index contributed by atoms with van der Waals surface area (Å²) in [4.78, 5) is 34.4. The largest absolute Gasteiger partial charge is 0.384 e. The Kier molecular flexibility index (Phi) is 5.29. The lowest BCUT2D eigenvalue weighted by Crippen LogP contribution is -2.50. The van der Waals surface area contributed by atoms with Crippen LogP contribution in [0.5, 0.6) is 0 Å². The minimum absolute atomic E-state index is 0.151. The van der Waals surface area contributed by atoms with Gasteiger partial charge in [0.1, 0.15) is 6.04 Å². The molecule has 1 fully saturated rings. The zero-order valence-electron chi connectivity index (χ0n) is 11.5. The monoisotopic (exact) mass is 271 g/mol. The molecule has 19 heavy (non-hydrogen) atoms. The van der Waals surface area contributed by atoms with Crippen molar-refractivity contribution in [1.29, 1.82) is 0 Å². The van der Waals surface area contributed by atoms with E-state index in [1.807, 2.05) is 13.8 Å². The molecular weight excluding hydrogens is 250 g/mol. The van der Waals surface area contributed by atoms with E-state index in [1.54, 1.807) is 7.11 Å². The topological polar surface area (TPSA) is 96.5 Å². The van der Waals surface area contributed by atoms with Crippen LogP contribution in [0.15, 0.2) is 0 Å². The lowest BCUT2D eigenvalue weighted by atomic mass is 9.94. The van der Waals surface area contributed by atoms with Gasteiger partial charge in [-0.15, -0.1) is 0 Å². The van der Waals surface area contributed by atoms with Crippen molar-refractivity contribution in [2.75, 3.05) is 20.3 Å². The first-order valence-electron chi connectivity index (χ1n) is 6.21. The summed E-state index contributed by atoms with van der Waals surface area (Å²) < 4.78 is 5.06. The second-order valence-electron chi connectivity index (χ2n) is 5.43. The molecule has 0 bridgehead atoms. The first-order valence-corrected chi connectivity index (χ1v) is 6.21. The normalized spacial score (nSPS) is 20.3. The molecule has 4 amide bonds. The van der Waals surface area contributed by atoms with Gasteiger partial charge in [-0.3, -0.25) is 14.9 Å². The lowest BCUT2D eigenvalue weighted by Gasteiger charge is -2.25. The maximum atomic E-state index is 11.9. The number of imide groups is 1. The second-order valence-corrected chi connectivity index (χ2v) is 5.43. The van der Waals surface area contributed by atoms with E-state index in [1.165, 1.54) is 0 Å². The molecule has 0 saturated carbocycles. The van der Waals surface area contributed by atoms with Crippen LogP contribution in [0.1, 0.15) is 26.7 Å². The lowest BCUT2D eigenvalue weighted by molar-refractivity contribution is -0.123. The summed E-state index contributed by atoms with van der Waals surface area (Å²) in [5, 5.41) is 7.36. The van der Waals surface area contributed by atoms with Gasteiger partial charge in [-0.25, -0.2) is 4.79 Å². The van der Waals surface area contributed by atoms with Crippen LogP contribution in [0.25, 0.3) is 0 Å². The van der Waals surface area contributed by atoms with Crippen LogP contribution in [0.3, 0.4) is 0 Å². The van der Waals surface area contributed by atoms with Gasteiger partial charge in [0.15, 0.2) is 0 Å². The molecule has 1 atom stereocenters. The van der Waals surface area contributed by atoms with Crippen LogP contribution in [0, 0.1) is 5.41 Å². The van der Waals surface area contributed by atoms with Crippen LogP contribution in [-0.2, 0) is 14.3 Å². The van der Waals surface area contributed by atoms with Gasteiger partial charge in [0, 0.05) is 25.5 Å². The fourth-order valence-electron chi connectivity index (χ4n) is 1.82. The maximum absolute atomic E-state index is 11.9. The Morgan fingerprint density at radius 3 is 2.79 bits per heavy atom. The minimum Gasteiger partial charge on any atom is -0.384 e. The molecule has 108 valence electrons. The highest BCUT2D eigenvalue weighted by molar-refractivity contribution is 5.98. The summed E-state index contributed by atoms with van der Waals surface area (Å²) in [5.74, 6) is -0.651. The van der Waals surface area contributed by atoms with Crippen LogP contribution in [0.4, 0.5) is 4.79 Å². The SMILES string of the molecule is COCC(C)(C)CNC(=O)[C@@H]1CCC(=O)NC(=O)N1. The van der Waals surface area contributed by atoms with Gasteiger partial charge in [-0.2, -0.15) is 0 Å². The molecule has 0 aliphatic carbocycles. The Morgan fingerprint density at radius 2 is 2.16 bits per heavy atom. The van der Waals surface area contributed by atoms with E-state index in [-0.39, 0.29) is 23.7 Å². The van der Waals surface area contributed by atoms with Gasteiger partial charge in [-0.1, -0.05) is 13.8 Å². The molecule has 7 heteroatoms. The molecule has 0 unspecified atom stereocenters. The van der Waals surface area contributed by atoms with E-state index >= 15 is 0 Å². The number of hydrogen-bond acceptors (Lipinski definition) is 4. The molecule has 0 radical (unpaired) electrons. The molecule has 0 spiro atoms. The van der Waals surface area contributed by atoms with E-state index in [9.17, 15) is 14.4 Å². The molecule has 3 N–H and O–H groups in total. The van der Waals surface area contributed by atoms with E-state index in [0.29, 0.717) is 19.6 Å². The van der Waals surface area contributed by atoms with Crippen LogP contribution < -0.4 is 16.0 Å². The van der Waals surface area contributed by atoms with Gasteiger partial charge in [0.05, 0.1) is 6.61 Å². The summed E-state index contributed by atoms with van der Waals surface area (Å²) in [6.45, 7) is 4.89. The zero-order chi connectivity index (χ0) is 14.5. The fraction of sp³-hybridized carbons (Fsp3) is 0.750. The summed E-state index contributed by atoms with van der Waals surface area (Å²) >= 11 is 0. The highest BCUT2D eigenvalue weighted by Crippen LogP contribution is 2.13. The van der Waals surface area contributed by atoms with Crippen molar-refractivity contribution in [2.45, 2.75) is 32.7 Å². The molecule has 7 nitrogen and oxygen atoms in total. The van der Waals surface area contributed by atoms with Crippen LogP contribution in [-0.4, -0.2) is 44.1 Å². The molecule has 1 rings (SSSR count). The summed E-state index contributed by atoms with van der Waals surface area (Å²) in [7, 11) is 1.60. The number of rotatable bonds is 5. The Bertz CT molecular complexity index is 368. The van der Waals surface area contributed by atoms with E-state index in [4.69, 9.17) is 4.74 Å². The molecular formula is C12H21N3O4. The minimum atomic E-state index is -0.676. The van der Waals surface area contributed by atoms with Gasteiger partial charge in [0.25, 0.3) is 0 Å². The summed E-state index contributed by atoms with van der Waals surface area (Å²) in [6, 6.07) is -1.30. The van der Waals surface area contributed by atoms with Crippen LogP contribution >= 0.6 is 0 Å². The predicted molar refractivity (Wildman–Crippen MR) is 68.4 cm³/mol. The second kappa shape index (κ2) is 6.51. The van der Waals surface area contributed by atoms with Crippen molar-refractivity contribution in [1.82, 2.24) is 16.0 Å². The van der Waals surface area contributed by atoms with E-state index in [0.717, 1.165) is 0 Å². The van der Waals surface area contributed by atoms with Crippen molar-refractivity contribution in [3.63, 3.8) is 0 Å². The first kappa shape index (κ1) is 15.4. The van der Waals surface area contributed by atoms with Gasteiger partial charge >= 0.3 is 6.03 Å². The predicted octanol–water partition coefficient (Wildman–Crippen LogP) is -0.237. The third-order valence-corrected chi connectivity index (χ3v) is 2.81. The Balaban J connectivity index is 2.49. The average molecular weight is 271 g/mol. The number of urea groups is 1. The van der Waals surface area contributed by atoms with Gasteiger partial charge in [-0.05, 0) is 6.42 Å². The van der Waals surface area contributed by atoms with E-state index < -0.39 is 12.1 Å². The maximum Gasteiger partial charge on any atom is 0.322 e. The van der Waals surface area contributed by atoms with Crippen molar-refractivity contribution < 1.29 is 19.1 Å². The van der Waals surface area contributed by atoms with Crippen molar-refractivity contribution in [3.8, 4) is 0 Å². The van der Waals surface area contributed by atoms with Gasteiger partial charge in [0.2, 0.25) is 11.8 Å². The van der Waals surface area contributed by atoms with E-state index in [2.05, 4.69) is 16.0 Å². The number of ether oxygens (including phenoxy) is 1. The summed E-state index contributed by atoms with van der Waals surface area (Å²) in [6.07, 6.45) is 0.451. The third kappa shape index (κ3) is 5.25. The summed E-state index contributed by atoms with van der Waals surface area (Å²) in [5.41, 5.74) is -0.187. The molecule has 0 aromatic rings. The number of amides is 4. The zero-order valence-corrected chi connectivity index (χ0v) is 11.5. The highest BCUT2D eigenvalue weighted by atomic mass is 16.5. The highest BCUT2D eigenvalue weighted by Gasteiger charge is 2.27. The molecule has 0 aromatic carbocycles. The van der Waals surface area contributed by atoms with Crippen molar-refractivity contribution in [2.24, 2.45) is 5.41 Å².